The zero-order valence-electron chi connectivity index (χ0n) is 21.3. The second kappa shape index (κ2) is 10.7. The number of aromatic nitrogens is 1. The number of furan rings is 1. The van der Waals surface area contributed by atoms with Gasteiger partial charge < -0.3 is 9.15 Å². The van der Waals surface area contributed by atoms with Crippen LogP contribution in [0.2, 0.25) is 0 Å². The van der Waals surface area contributed by atoms with Crippen LogP contribution in [0.25, 0.3) is 10.2 Å². The van der Waals surface area contributed by atoms with Crippen LogP contribution in [0.15, 0.2) is 75.3 Å². The minimum Gasteiger partial charge on any atom is -0.497 e. The number of methoxy groups -OCH3 is 1. The molecule has 0 spiro atoms. The fourth-order valence-corrected chi connectivity index (χ4v) is 7.25. The third-order valence-electron chi connectivity index (χ3n) is 6.38. The Morgan fingerprint density at radius 1 is 1.16 bits per heavy atom. The summed E-state index contributed by atoms with van der Waals surface area (Å²) < 4.78 is 39.6. The molecule has 9 nitrogen and oxygen atoms in total. The van der Waals surface area contributed by atoms with Gasteiger partial charge in [0.2, 0.25) is 15.2 Å². The van der Waals surface area contributed by atoms with E-state index in [9.17, 15) is 13.2 Å². The number of carbonyl (C=O) groups excluding carboxylic acids is 1. The SMILES string of the molecule is COc1ccc2nc(N(/N=C/c3ccco3)C(=O)c3ccc(S(=O)(=O)N4CC(C)CC(C)C4)cc3)sc2c1. The first-order valence-electron chi connectivity index (χ1n) is 12.2. The van der Waals surface area contributed by atoms with E-state index >= 15 is 0 Å². The molecule has 1 amide bonds. The predicted octanol–water partition coefficient (Wildman–Crippen LogP) is 5.25. The average molecular weight is 553 g/mol. The normalized spacial score (nSPS) is 18.7. The second-order valence-electron chi connectivity index (χ2n) is 9.50. The smallest absolute Gasteiger partial charge is 0.280 e. The van der Waals surface area contributed by atoms with Crippen LogP contribution in [-0.2, 0) is 10.0 Å². The lowest BCUT2D eigenvalue weighted by molar-refractivity contribution is 0.0987. The van der Waals surface area contributed by atoms with Gasteiger partial charge in [0.25, 0.3) is 5.91 Å². The molecule has 38 heavy (non-hydrogen) atoms. The Kier molecular flexibility index (Phi) is 7.33. The summed E-state index contributed by atoms with van der Waals surface area (Å²) in [5.74, 6) is 1.28. The molecular weight excluding hydrogens is 524 g/mol. The van der Waals surface area contributed by atoms with Gasteiger partial charge in [-0.2, -0.15) is 14.4 Å². The van der Waals surface area contributed by atoms with E-state index in [0.717, 1.165) is 11.1 Å². The monoisotopic (exact) mass is 552 g/mol. The summed E-state index contributed by atoms with van der Waals surface area (Å²) in [6, 6.07) is 14.9. The van der Waals surface area contributed by atoms with E-state index in [1.165, 1.54) is 57.4 Å². The van der Waals surface area contributed by atoms with Crippen molar-refractivity contribution >= 4 is 48.8 Å². The number of anilines is 1. The topological polar surface area (TPSA) is 105 Å². The molecule has 3 heterocycles. The predicted molar refractivity (Wildman–Crippen MR) is 147 cm³/mol. The first kappa shape index (κ1) is 26.1. The lowest BCUT2D eigenvalue weighted by Crippen LogP contribution is -2.42. The molecular formula is C27H28N4O5S2. The van der Waals surface area contributed by atoms with Crippen LogP contribution >= 0.6 is 11.3 Å². The van der Waals surface area contributed by atoms with Gasteiger partial charge in [-0.3, -0.25) is 4.79 Å². The van der Waals surface area contributed by atoms with E-state index < -0.39 is 15.9 Å². The number of benzene rings is 2. The Morgan fingerprint density at radius 2 is 1.89 bits per heavy atom. The van der Waals surface area contributed by atoms with Gasteiger partial charge in [-0.15, -0.1) is 0 Å². The molecule has 2 atom stereocenters. The van der Waals surface area contributed by atoms with Gasteiger partial charge >= 0.3 is 0 Å². The number of hydrogen-bond donors (Lipinski definition) is 0. The number of piperidine rings is 1. The highest BCUT2D eigenvalue weighted by Crippen LogP contribution is 2.33. The number of sulfonamides is 1. The van der Waals surface area contributed by atoms with E-state index in [1.807, 2.05) is 12.1 Å². The first-order chi connectivity index (χ1) is 18.2. The molecule has 5 rings (SSSR count). The summed E-state index contributed by atoms with van der Waals surface area (Å²) in [4.78, 5) is 18.4. The Morgan fingerprint density at radius 3 is 2.55 bits per heavy atom. The number of amides is 1. The summed E-state index contributed by atoms with van der Waals surface area (Å²) in [6.07, 6.45) is 3.95. The number of nitrogens with zero attached hydrogens (tertiary/aromatic N) is 4. The van der Waals surface area contributed by atoms with Crippen molar-refractivity contribution < 1.29 is 22.4 Å². The van der Waals surface area contributed by atoms with Crippen LogP contribution in [0.1, 0.15) is 36.4 Å². The van der Waals surface area contributed by atoms with Crippen LogP contribution in [0.5, 0.6) is 5.75 Å². The van der Waals surface area contributed by atoms with Crippen LogP contribution in [-0.4, -0.2) is 50.0 Å². The van der Waals surface area contributed by atoms with Crippen LogP contribution in [0, 0.1) is 11.8 Å². The fraction of sp³-hybridized carbons (Fsp3) is 0.296. The highest BCUT2D eigenvalue weighted by atomic mass is 32.2. The van der Waals surface area contributed by atoms with Crippen molar-refractivity contribution in [3.8, 4) is 5.75 Å². The summed E-state index contributed by atoms with van der Waals surface area (Å²) >= 11 is 1.29. The van der Waals surface area contributed by atoms with E-state index in [0.29, 0.717) is 47.1 Å². The quantitative estimate of drug-likeness (QED) is 0.229. The maximum atomic E-state index is 13.6. The molecule has 0 aliphatic carbocycles. The van der Waals surface area contributed by atoms with E-state index in [1.54, 1.807) is 25.3 Å². The van der Waals surface area contributed by atoms with Gasteiger partial charge in [0.1, 0.15) is 11.5 Å². The van der Waals surface area contributed by atoms with Gasteiger partial charge in [0.15, 0.2) is 0 Å². The number of fused-ring (bicyclic) bond motifs is 1. The number of hydrogen-bond acceptors (Lipinski definition) is 8. The van der Waals surface area contributed by atoms with Crippen LogP contribution in [0.3, 0.4) is 0 Å². The zero-order valence-corrected chi connectivity index (χ0v) is 22.9. The number of rotatable bonds is 7. The van der Waals surface area contributed by atoms with Crippen molar-refractivity contribution in [2.45, 2.75) is 25.2 Å². The van der Waals surface area contributed by atoms with Gasteiger partial charge in [-0.25, -0.2) is 13.4 Å². The molecule has 0 N–H and O–H groups in total. The lowest BCUT2D eigenvalue weighted by atomic mass is 9.94. The average Bonchev–Trinajstić information content (AvgIpc) is 3.57. The first-order valence-corrected chi connectivity index (χ1v) is 14.5. The molecule has 1 aliphatic rings. The molecule has 1 fully saturated rings. The van der Waals surface area contributed by atoms with Crippen molar-refractivity contribution in [3.05, 3.63) is 72.2 Å². The van der Waals surface area contributed by atoms with E-state index in [2.05, 4.69) is 23.9 Å². The van der Waals surface area contributed by atoms with Crippen LogP contribution < -0.4 is 9.75 Å². The Hall–Kier alpha value is -3.54. The summed E-state index contributed by atoms with van der Waals surface area (Å²) in [5.41, 5.74) is 0.973. The van der Waals surface area contributed by atoms with Crippen molar-refractivity contribution in [1.29, 1.82) is 0 Å². The molecule has 198 valence electrons. The standard InChI is InChI=1S/C27H28N4O5S2/c1-18-13-19(2)17-30(16-18)38(33,34)23-9-6-20(7-10-23)26(32)31(28-15-22-5-4-12-36-22)27-29-24-11-8-21(35-3)14-25(24)37-27/h4-12,14-15,18-19H,13,16-17H2,1-3H3/b28-15+. The molecule has 2 unspecified atom stereocenters. The second-order valence-corrected chi connectivity index (χ2v) is 12.4. The number of ether oxygens (including phenoxy) is 1. The number of hydrazone groups is 1. The van der Waals surface area contributed by atoms with Crippen molar-refractivity contribution in [1.82, 2.24) is 9.29 Å². The Bertz CT molecular complexity index is 1550. The molecule has 11 heteroatoms. The summed E-state index contributed by atoms with van der Waals surface area (Å²) in [7, 11) is -2.08. The van der Waals surface area contributed by atoms with Gasteiger partial charge in [0, 0.05) is 18.7 Å². The molecule has 1 aliphatic heterocycles. The minimum atomic E-state index is -3.66. The molecule has 1 saturated heterocycles. The molecule has 0 radical (unpaired) electrons. The number of carbonyl (C=O) groups is 1. The minimum absolute atomic E-state index is 0.160. The largest absolute Gasteiger partial charge is 0.497 e. The molecule has 2 aromatic heterocycles. The van der Waals surface area contributed by atoms with Crippen molar-refractivity contribution in [3.63, 3.8) is 0 Å². The maximum absolute atomic E-state index is 13.6. The molecule has 4 aromatic rings. The third-order valence-corrected chi connectivity index (χ3v) is 9.22. The zero-order chi connectivity index (χ0) is 26.9. The lowest BCUT2D eigenvalue weighted by Gasteiger charge is -2.34. The third kappa shape index (κ3) is 5.35. The van der Waals surface area contributed by atoms with E-state index in [4.69, 9.17) is 9.15 Å². The summed E-state index contributed by atoms with van der Waals surface area (Å²) in [5, 5.41) is 5.91. The Labute approximate surface area is 225 Å². The Balaban J connectivity index is 1.45. The van der Waals surface area contributed by atoms with Gasteiger partial charge in [-0.1, -0.05) is 25.2 Å². The van der Waals surface area contributed by atoms with Gasteiger partial charge in [0.05, 0.1) is 34.7 Å². The molecule has 2 aromatic carbocycles. The highest BCUT2D eigenvalue weighted by Gasteiger charge is 2.32. The van der Waals surface area contributed by atoms with E-state index in [-0.39, 0.29) is 10.5 Å². The fourth-order valence-electron chi connectivity index (χ4n) is 4.62. The van der Waals surface area contributed by atoms with Crippen molar-refractivity contribution in [2.24, 2.45) is 16.9 Å². The van der Waals surface area contributed by atoms with Crippen molar-refractivity contribution in [2.75, 3.05) is 25.2 Å². The number of thiazole rings is 1. The molecule has 0 saturated carbocycles. The maximum Gasteiger partial charge on any atom is 0.280 e. The van der Waals surface area contributed by atoms with Crippen LogP contribution in [0.4, 0.5) is 5.13 Å². The molecule has 0 bridgehead atoms. The van der Waals surface area contributed by atoms with Gasteiger partial charge in [-0.05, 0) is 72.9 Å². The highest BCUT2D eigenvalue weighted by molar-refractivity contribution is 7.89. The summed E-state index contributed by atoms with van der Waals surface area (Å²) in [6.45, 7) is 5.11.